The Hall–Kier alpha value is -2.67. The van der Waals surface area contributed by atoms with Crippen LogP contribution in [-0.2, 0) is 27.4 Å². The van der Waals surface area contributed by atoms with E-state index in [0.29, 0.717) is 11.5 Å². The summed E-state index contributed by atoms with van der Waals surface area (Å²) in [4.78, 5) is 14.7. The van der Waals surface area contributed by atoms with Crippen molar-refractivity contribution in [3.05, 3.63) is 65.6 Å². The van der Waals surface area contributed by atoms with Crippen LogP contribution in [0.3, 0.4) is 0 Å². The topological polar surface area (TPSA) is 59.4 Å². The molecule has 1 aliphatic rings. The highest BCUT2D eigenvalue weighted by atomic mass is 32.2. The van der Waals surface area contributed by atoms with E-state index in [1.165, 1.54) is 29.8 Å². The summed E-state index contributed by atoms with van der Waals surface area (Å²) in [6, 6.07) is 11.2. The van der Waals surface area contributed by atoms with Gasteiger partial charge in [0, 0.05) is 43.2 Å². The first-order chi connectivity index (χ1) is 16.4. The highest BCUT2D eigenvalue weighted by Gasteiger charge is 2.33. The van der Waals surface area contributed by atoms with Gasteiger partial charge in [0.1, 0.15) is 10.7 Å². The lowest BCUT2D eigenvalue weighted by Crippen LogP contribution is -2.43. The molecule has 5 nitrogen and oxygen atoms in total. The fourth-order valence-corrected chi connectivity index (χ4v) is 6.36. The average Bonchev–Trinajstić information content (AvgIpc) is 3.13. The number of amides is 1. The standard InChI is InChI=1S/C28H35FN2O3S/c1-19(28(2,3)4)27(32)31-14-12-21(13-15-31)23-17-30(5)25-11-10-20(16-22(23)25)18-35(33,34)26-9-7-6-8-24(26)29/h6-11,16-17,19,21H,12-15,18H2,1-5H3/t19-/m0/s1. The Labute approximate surface area is 207 Å². The number of nitrogens with zero attached hydrogens (tertiary/aromatic N) is 2. The number of benzene rings is 2. The monoisotopic (exact) mass is 498 g/mol. The molecule has 1 amide bonds. The van der Waals surface area contributed by atoms with Crippen LogP contribution < -0.4 is 0 Å². The second kappa shape index (κ2) is 9.41. The first kappa shape index (κ1) is 25.4. The summed E-state index contributed by atoms with van der Waals surface area (Å²) in [7, 11) is -1.82. The van der Waals surface area contributed by atoms with Gasteiger partial charge < -0.3 is 9.47 Å². The number of hydrogen-bond acceptors (Lipinski definition) is 3. The molecule has 4 rings (SSSR count). The van der Waals surface area contributed by atoms with Gasteiger partial charge in [0.05, 0.1) is 5.75 Å². The van der Waals surface area contributed by atoms with Gasteiger partial charge in [-0.05, 0) is 59.6 Å². The number of likely N-dealkylation sites (tertiary alicyclic amines) is 1. The van der Waals surface area contributed by atoms with Crippen LogP contribution in [0.25, 0.3) is 10.9 Å². The summed E-state index contributed by atoms with van der Waals surface area (Å²) in [5.41, 5.74) is 2.79. The Kier molecular flexibility index (Phi) is 6.84. The molecule has 188 valence electrons. The van der Waals surface area contributed by atoms with Crippen LogP contribution in [0.4, 0.5) is 4.39 Å². The maximum atomic E-state index is 14.1. The minimum Gasteiger partial charge on any atom is -0.350 e. The molecule has 2 heterocycles. The maximum Gasteiger partial charge on any atom is 0.225 e. The second-order valence-corrected chi connectivity index (χ2v) is 12.9. The van der Waals surface area contributed by atoms with Gasteiger partial charge in [-0.3, -0.25) is 4.79 Å². The van der Waals surface area contributed by atoms with Crippen molar-refractivity contribution in [2.24, 2.45) is 18.4 Å². The van der Waals surface area contributed by atoms with Gasteiger partial charge >= 0.3 is 0 Å². The number of fused-ring (bicyclic) bond motifs is 1. The Morgan fingerprint density at radius 2 is 1.77 bits per heavy atom. The number of aromatic nitrogens is 1. The third-order valence-electron chi connectivity index (χ3n) is 7.53. The first-order valence-corrected chi connectivity index (χ1v) is 13.9. The molecule has 0 saturated carbocycles. The van der Waals surface area contributed by atoms with E-state index in [2.05, 4.69) is 31.5 Å². The van der Waals surface area contributed by atoms with Crippen molar-refractivity contribution in [2.45, 2.75) is 57.1 Å². The number of sulfone groups is 1. The van der Waals surface area contributed by atoms with E-state index < -0.39 is 15.7 Å². The largest absolute Gasteiger partial charge is 0.350 e. The van der Waals surface area contributed by atoms with Crippen LogP contribution in [0, 0.1) is 17.2 Å². The summed E-state index contributed by atoms with van der Waals surface area (Å²) in [6.07, 6.45) is 3.87. The van der Waals surface area contributed by atoms with E-state index in [0.717, 1.165) is 36.8 Å². The SMILES string of the molecule is C[C@@H](C(=O)N1CCC(c2cn(C)c3ccc(CS(=O)(=O)c4ccccc4F)cc23)CC1)C(C)(C)C. The number of piperidine rings is 1. The van der Waals surface area contributed by atoms with Gasteiger partial charge in [-0.1, -0.05) is 45.9 Å². The third-order valence-corrected chi connectivity index (χ3v) is 9.24. The van der Waals surface area contributed by atoms with Crippen molar-refractivity contribution in [3.63, 3.8) is 0 Å². The molecule has 1 fully saturated rings. The summed E-state index contributed by atoms with van der Waals surface area (Å²) < 4.78 is 42.0. The van der Waals surface area contributed by atoms with Crippen LogP contribution in [0.2, 0.25) is 0 Å². The Morgan fingerprint density at radius 1 is 1.11 bits per heavy atom. The highest BCUT2D eigenvalue weighted by Crippen LogP contribution is 2.36. The lowest BCUT2D eigenvalue weighted by atomic mass is 9.80. The van der Waals surface area contributed by atoms with Crippen molar-refractivity contribution in [1.82, 2.24) is 9.47 Å². The predicted molar refractivity (Wildman–Crippen MR) is 137 cm³/mol. The second-order valence-electron chi connectivity index (χ2n) is 10.9. The molecule has 0 aliphatic carbocycles. The molecule has 1 aliphatic heterocycles. The molecule has 1 saturated heterocycles. The lowest BCUT2D eigenvalue weighted by molar-refractivity contribution is -0.139. The van der Waals surface area contributed by atoms with Crippen LogP contribution in [0.5, 0.6) is 0 Å². The van der Waals surface area contributed by atoms with Crippen molar-refractivity contribution in [2.75, 3.05) is 13.1 Å². The van der Waals surface area contributed by atoms with Crippen molar-refractivity contribution in [3.8, 4) is 0 Å². The van der Waals surface area contributed by atoms with E-state index >= 15 is 0 Å². The van der Waals surface area contributed by atoms with E-state index in [9.17, 15) is 17.6 Å². The van der Waals surface area contributed by atoms with Crippen molar-refractivity contribution >= 4 is 26.6 Å². The van der Waals surface area contributed by atoms with E-state index in [1.54, 1.807) is 6.07 Å². The zero-order valence-electron chi connectivity index (χ0n) is 21.2. The van der Waals surface area contributed by atoms with Crippen LogP contribution >= 0.6 is 0 Å². The number of halogens is 1. The molecular formula is C28H35FN2O3S. The molecule has 1 aromatic heterocycles. The molecule has 0 N–H and O–H groups in total. The Bertz CT molecular complexity index is 1350. The molecule has 0 radical (unpaired) electrons. The minimum atomic E-state index is -3.81. The van der Waals surface area contributed by atoms with E-state index in [-0.39, 0.29) is 27.9 Å². The van der Waals surface area contributed by atoms with Crippen molar-refractivity contribution in [1.29, 1.82) is 0 Å². The molecule has 7 heteroatoms. The van der Waals surface area contributed by atoms with Gasteiger partial charge in [0.15, 0.2) is 9.84 Å². The molecule has 3 aromatic rings. The molecule has 35 heavy (non-hydrogen) atoms. The molecule has 2 aromatic carbocycles. The van der Waals surface area contributed by atoms with Gasteiger partial charge in [0.2, 0.25) is 5.91 Å². The number of hydrogen-bond donors (Lipinski definition) is 0. The number of rotatable bonds is 5. The summed E-state index contributed by atoms with van der Waals surface area (Å²) >= 11 is 0. The average molecular weight is 499 g/mol. The fraction of sp³-hybridized carbons (Fsp3) is 0.464. The lowest BCUT2D eigenvalue weighted by Gasteiger charge is -2.36. The Balaban J connectivity index is 1.56. The fourth-order valence-electron chi connectivity index (χ4n) is 4.93. The minimum absolute atomic E-state index is 0.0319. The number of carbonyl (C=O) groups excluding carboxylic acids is 1. The smallest absolute Gasteiger partial charge is 0.225 e. The van der Waals surface area contributed by atoms with Crippen molar-refractivity contribution < 1.29 is 17.6 Å². The van der Waals surface area contributed by atoms with Crippen LogP contribution in [0.1, 0.15) is 57.6 Å². The molecule has 1 atom stereocenters. The molecule has 0 spiro atoms. The van der Waals surface area contributed by atoms with E-state index in [4.69, 9.17) is 0 Å². The summed E-state index contributed by atoms with van der Waals surface area (Å²) in [5, 5.41) is 1.03. The van der Waals surface area contributed by atoms with Gasteiger partial charge in [-0.15, -0.1) is 0 Å². The van der Waals surface area contributed by atoms with Crippen LogP contribution in [0.15, 0.2) is 53.6 Å². The maximum absolute atomic E-state index is 14.1. The van der Waals surface area contributed by atoms with Gasteiger partial charge in [0.25, 0.3) is 0 Å². The Morgan fingerprint density at radius 3 is 2.40 bits per heavy atom. The first-order valence-electron chi connectivity index (χ1n) is 12.2. The molecule has 0 unspecified atom stereocenters. The van der Waals surface area contributed by atoms with Crippen LogP contribution in [-0.4, -0.2) is 36.9 Å². The zero-order valence-corrected chi connectivity index (χ0v) is 22.0. The van der Waals surface area contributed by atoms with Gasteiger partial charge in [-0.2, -0.15) is 0 Å². The molecular weight excluding hydrogens is 463 g/mol. The quantitative estimate of drug-likeness (QED) is 0.455. The molecule has 0 bridgehead atoms. The number of aryl methyl sites for hydroxylation is 1. The summed E-state index contributed by atoms with van der Waals surface area (Å²) in [6.45, 7) is 9.76. The number of carbonyl (C=O) groups is 1. The predicted octanol–water partition coefficient (Wildman–Crippen LogP) is 5.68. The van der Waals surface area contributed by atoms with Gasteiger partial charge in [-0.25, -0.2) is 12.8 Å². The zero-order chi connectivity index (χ0) is 25.5. The normalized spacial score (nSPS) is 16.6. The van der Waals surface area contributed by atoms with E-state index in [1.807, 2.05) is 31.0 Å². The highest BCUT2D eigenvalue weighted by molar-refractivity contribution is 7.90. The summed E-state index contributed by atoms with van der Waals surface area (Å²) in [5.74, 6) is -0.497. The third kappa shape index (κ3) is 5.15.